The molecule has 17 rings (SSSR count). The Hall–Kier alpha value is -11.2. The Morgan fingerprint density at radius 3 is 0.667 bits per heavy atom. The largest absolute Gasteiger partial charge is 0.311 e. The first-order valence-corrected chi connectivity index (χ1v) is 33.8. The van der Waals surface area contributed by atoms with Gasteiger partial charge in [0.1, 0.15) is 0 Å². The summed E-state index contributed by atoms with van der Waals surface area (Å²) in [5.41, 5.74) is 40.0. The maximum absolute atomic E-state index is 2.67. The number of aryl methyl sites for hydroxylation is 10. The third-order valence-corrected chi connectivity index (χ3v) is 20.4. The van der Waals surface area contributed by atoms with Crippen LogP contribution in [0.2, 0.25) is 0 Å². The normalized spacial score (nSPS) is 13.0. The maximum atomic E-state index is 2.67. The Morgan fingerprint density at radius 2 is 0.406 bits per heavy atom. The number of hydrogen-bond donors (Lipinski definition) is 0. The molecule has 13 aromatic rings. The summed E-state index contributed by atoms with van der Waals surface area (Å²) in [6.45, 7) is 21.6. The van der Waals surface area contributed by atoms with Gasteiger partial charge in [0.05, 0.1) is 11.4 Å². The van der Waals surface area contributed by atoms with Crippen LogP contribution in [0.25, 0.3) is 0 Å². The fourth-order valence-corrected chi connectivity index (χ4v) is 15.5. The van der Waals surface area contributed by atoms with E-state index in [2.05, 4.69) is 366 Å². The molecule has 4 heterocycles. The molecule has 0 aromatic heterocycles. The lowest BCUT2D eigenvalue weighted by molar-refractivity contribution is 1.21. The summed E-state index contributed by atoms with van der Waals surface area (Å²) in [6.07, 6.45) is 0. The van der Waals surface area contributed by atoms with Crippen LogP contribution in [-0.2, 0) is 0 Å². The standard InChI is InChI=1S/C88H74B2N6/c1-55-11-29-65(30-12-55)91(66-31-13-56(2)14-32-66)73-49-83-87-85(51-73)95(71-41-23-61(7)24-42-71)81-54-82-78(53-77(81)89(87)75-47-63(9)27-45-79(75)93(83)69-37-19-59(5)20-38-69)90-76-48-64(10)28-46-80(76)94(70-39-21-60(6)22-40-70)84-50-74(52-86(88(84)90)96(82)72-43-25-62(8)26-44-72)92(67-33-15-57(3)16-34-67)68-35-17-58(4)18-36-68/h11-54H,1-10H3. The first-order valence-electron chi connectivity index (χ1n) is 33.8. The van der Waals surface area contributed by atoms with Gasteiger partial charge in [0.25, 0.3) is 13.4 Å². The molecule has 96 heavy (non-hydrogen) atoms. The first kappa shape index (κ1) is 58.6. The third-order valence-electron chi connectivity index (χ3n) is 20.4. The first-order chi connectivity index (χ1) is 46.7. The third kappa shape index (κ3) is 9.71. The molecule has 0 N–H and O–H groups in total. The molecule has 4 aliphatic rings. The van der Waals surface area contributed by atoms with Gasteiger partial charge in [-0.2, -0.15) is 0 Å². The van der Waals surface area contributed by atoms with E-state index in [-0.39, 0.29) is 13.4 Å². The molecule has 4 aliphatic heterocycles. The number of anilines is 18. The van der Waals surface area contributed by atoms with E-state index < -0.39 is 0 Å². The average Bonchev–Trinajstić information content (AvgIpc) is 0.683. The summed E-state index contributed by atoms with van der Waals surface area (Å²) in [5.74, 6) is 0. The van der Waals surface area contributed by atoms with Crippen LogP contribution in [0.3, 0.4) is 0 Å². The lowest BCUT2D eigenvalue weighted by atomic mass is 9.30. The lowest BCUT2D eigenvalue weighted by Gasteiger charge is -2.48. The van der Waals surface area contributed by atoms with Crippen molar-refractivity contribution in [1.29, 1.82) is 0 Å². The lowest BCUT2D eigenvalue weighted by Crippen LogP contribution is -2.65. The molecule has 462 valence electrons. The minimum atomic E-state index is -0.173. The Morgan fingerprint density at radius 1 is 0.188 bits per heavy atom. The zero-order valence-corrected chi connectivity index (χ0v) is 56.2. The second-order valence-corrected chi connectivity index (χ2v) is 27.5. The minimum absolute atomic E-state index is 0.173. The molecule has 0 atom stereocenters. The number of nitrogens with zero attached hydrogens (tertiary/aromatic N) is 6. The van der Waals surface area contributed by atoms with Gasteiger partial charge in [-0.05, 0) is 242 Å². The van der Waals surface area contributed by atoms with E-state index in [9.17, 15) is 0 Å². The van der Waals surface area contributed by atoms with Crippen molar-refractivity contribution in [2.24, 2.45) is 0 Å². The van der Waals surface area contributed by atoms with Crippen molar-refractivity contribution >= 4 is 149 Å². The Kier molecular flexibility index (Phi) is 13.9. The SMILES string of the molecule is Cc1ccc(N(c2ccc(C)cc2)c2cc3c4c(c2)N(c2ccc(C)cc2)c2cc5c(cc2B4c2cc(C)ccc2N3c2ccc(C)cc2)B2c3cc(C)ccc3N(c3ccc(C)cc3)c3cc(N(c4ccc(C)cc4)c4ccc(C)cc4)cc(c32)N5c2ccc(C)cc2)cc1. The van der Waals surface area contributed by atoms with Crippen LogP contribution in [0.15, 0.2) is 267 Å². The highest BCUT2D eigenvalue weighted by Crippen LogP contribution is 2.53. The number of fused-ring (bicyclic) bond motifs is 8. The summed E-state index contributed by atoms with van der Waals surface area (Å²) in [4.78, 5) is 15.3. The number of rotatable bonds is 10. The van der Waals surface area contributed by atoms with Gasteiger partial charge in [-0.3, -0.25) is 0 Å². The van der Waals surface area contributed by atoms with Crippen molar-refractivity contribution in [3.05, 3.63) is 323 Å². The molecule has 0 aliphatic carbocycles. The van der Waals surface area contributed by atoms with Crippen LogP contribution in [-0.4, -0.2) is 13.4 Å². The molecule has 0 radical (unpaired) electrons. The van der Waals surface area contributed by atoms with Crippen LogP contribution < -0.4 is 62.2 Å². The summed E-state index contributed by atoms with van der Waals surface area (Å²) in [6, 6.07) is 102. The molecule has 0 unspecified atom stereocenters. The van der Waals surface area contributed by atoms with Crippen LogP contribution >= 0.6 is 0 Å². The van der Waals surface area contributed by atoms with Crippen molar-refractivity contribution in [2.75, 3.05) is 29.4 Å². The predicted octanol–water partition coefficient (Wildman–Crippen LogP) is 19.9. The van der Waals surface area contributed by atoms with Gasteiger partial charge in [-0.15, -0.1) is 0 Å². The van der Waals surface area contributed by atoms with Gasteiger partial charge in [0, 0.05) is 91.0 Å². The highest BCUT2D eigenvalue weighted by atomic mass is 15.2. The molecular weight excluding hydrogens is 1160 g/mol. The topological polar surface area (TPSA) is 19.4 Å². The quantitative estimate of drug-likeness (QED) is 0.126. The minimum Gasteiger partial charge on any atom is -0.311 e. The molecular formula is C88H74B2N6. The van der Waals surface area contributed by atoms with Crippen LogP contribution in [0.4, 0.5) is 102 Å². The van der Waals surface area contributed by atoms with E-state index in [1.54, 1.807) is 0 Å². The van der Waals surface area contributed by atoms with Crippen molar-refractivity contribution in [3.63, 3.8) is 0 Å². The van der Waals surface area contributed by atoms with Gasteiger partial charge in [-0.25, -0.2) is 0 Å². The molecule has 0 saturated heterocycles. The van der Waals surface area contributed by atoms with E-state index in [0.29, 0.717) is 0 Å². The van der Waals surface area contributed by atoms with Gasteiger partial charge >= 0.3 is 0 Å². The fourth-order valence-electron chi connectivity index (χ4n) is 15.5. The summed E-state index contributed by atoms with van der Waals surface area (Å²) in [7, 11) is 0. The van der Waals surface area contributed by atoms with E-state index in [1.807, 2.05) is 0 Å². The second-order valence-electron chi connectivity index (χ2n) is 27.5. The Balaban J connectivity index is 1.01. The van der Waals surface area contributed by atoms with Crippen LogP contribution in [0.5, 0.6) is 0 Å². The molecule has 6 nitrogen and oxygen atoms in total. The predicted molar refractivity (Wildman–Crippen MR) is 411 cm³/mol. The van der Waals surface area contributed by atoms with Gasteiger partial charge in [0.2, 0.25) is 0 Å². The van der Waals surface area contributed by atoms with E-state index in [1.165, 1.54) is 99.8 Å². The molecule has 0 saturated carbocycles. The highest BCUT2D eigenvalue weighted by molar-refractivity contribution is 7.03. The zero-order valence-electron chi connectivity index (χ0n) is 56.2. The second kappa shape index (κ2) is 22.8. The van der Waals surface area contributed by atoms with Crippen LogP contribution in [0, 0.1) is 69.2 Å². The van der Waals surface area contributed by atoms with Crippen molar-refractivity contribution in [1.82, 2.24) is 0 Å². The summed E-state index contributed by atoms with van der Waals surface area (Å²) in [5, 5.41) is 0. The van der Waals surface area contributed by atoms with Crippen molar-refractivity contribution < 1.29 is 0 Å². The van der Waals surface area contributed by atoms with E-state index in [4.69, 9.17) is 0 Å². The molecule has 0 spiro atoms. The zero-order chi connectivity index (χ0) is 65.4. The fraction of sp³-hybridized carbons (Fsp3) is 0.114. The van der Waals surface area contributed by atoms with Gasteiger partial charge in [0.15, 0.2) is 0 Å². The number of hydrogen-bond acceptors (Lipinski definition) is 6. The molecule has 8 heteroatoms. The van der Waals surface area contributed by atoms with E-state index in [0.717, 1.165) is 91.0 Å². The van der Waals surface area contributed by atoms with Crippen LogP contribution in [0.1, 0.15) is 55.6 Å². The van der Waals surface area contributed by atoms with Gasteiger partial charge in [-0.1, -0.05) is 183 Å². The maximum Gasteiger partial charge on any atom is 0.252 e. The van der Waals surface area contributed by atoms with Crippen molar-refractivity contribution in [3.8, 4) is 0 Å². The Labute approximate surface area is 566 Å². The molecule has 0 bridgehead atoms. The molecule has 13 aromatic carbocycles. The van der Waals surface area contributed by atoms with Gasteiger partial charge < -0.3 is 29.4 Å². The monoisotopic (exact) mass is 1240 g/mol. The number of benzene rings is 13. The Bertz CT molecular complexity index is 4800. The van der Waals surface area contributed by atoms with Crippen molar-refractivity contribution in [2.45, 2.75) is 69.2 Å². The molecule has 0 amide bonds. The molecule has 0 fully saturated rings. The summed E-state index contributed by atoms with van der Waals surface area (Å²) < 4.78 is 0. The average molecular weight is 1240 g/mol. The summed E-state index contributed by atoms with van der Waals surface area (Å²) >= 11 is 0. The highest BCUT2D eigenvalue weighted by Gasteiger charge is 2.49. The van der Waals surface area contributed by atoms with E-state index >= 15 is 0 Å². The smallest absolute Gasteiger partial charge is 0.252 e.